The number of pyridine rings is 1. The molecule has 0 saturated carbocycles. The molecular weight excluding hydrogens is 252 g/mol. The number of methoxy groups -OCH3 is 1. The van der Waals surface area contributed by atoms with Gasteiger partial charge in [0, 0.05) is 12.8 Å². The van der Waals surface area contributed by atoms with E-state index >= 15 is 0 Å². The highest BCUT2D eigenvalue weighted by Crippen LogP contribution is 2.03. The van der Waals surface area contributed by atoms with Crippen molar-refractivity contribution < 1.29 is 19.4 Å². The van der Waals surface area contributed by atoms with Crippen molar-refractivity contribution in [3.63, 3.8) is 0 Å². The first-order valence-corrected chi connectivity index (χ1v) is 5.61. The standard InChI is InChI=1S/C12H16N2O5/c1-6-4-7(2)14-11(16)9(6)10(15)13-5-8(19-3)12(17)18/h4,8H,5H2,1-3H3,(H,13,15)(H,14,16)(H,17,18). The number of aromatic amines is 1. The fourth-order valence-electron chi connectivity index (χ4n) is 1.68. The Morgan fingerprint density at radius 3 is 2.58 bits per heavy atom. The Labute approximate surface area is 109 Å². The summed E-state index contributed by atoms with van der Waals surface area (Å²) >= 11 is 0. The molecule has 1 atom stereocenters. The molecule has 1 heterocycles. The summed E-state index contributed by atoms with van der Waals surface area (Å²) in [6, 6.07) is 1.67. The van der Waals surface area contributed by atoms with Gasteiger partial charge in [0.15, 0.2) is 6.10 Å². The van der Waals surface area contributed by atoms with Crippen molar-refractivity contribution in [2.75, 3.05) is 13.7 Å². The summed E-state index contributed by atoms with van der Waals surface area (Å²) in [5.41, 5.74) is 0.660. The molecule has 7 nitrogen and oxygen atoms in total. The van der Waals surface area contributed by atoms with Gasteiger partial charge < -0.3 is 20.1 Å². The van der Waals surface area contributed by atoms with Crippen molar-refractivity contribution in [1.29, 1.82) is 0 Å². The molecule has 7 heteroatoms. The molecule has 0 aromatic carbocycles. The van der Waals surface area contributed by atoms with Gasteiger partial charge in [0.1, 0.15) is 5.56 Å². The molecule has 104 valence electrons. The second-order valence-corrected chi connectivity index (χ2v) is 4.11. The lowest BCUT2D eigenvalue weighted by Gasteiger charge is -2.12. The Bertz CT molecular complexity index is 550. The van der Waals surface area contributed by atoms with Gasteiger partial charge in [-0.25, -0.2) is 4.79 Å². The zero-order chi connectivity index (χ0) is 14.6. The lowest BCUT2D eigenvalue weighted by atomic mass is 10.1. The zero-order valence-electron chi connectivity index (χ0n) is 10.9. The largest absolute Gasteiger partial charge is 0.479 e. The fourth-order valence-corrected chi connectivity index (χ4v) is 1.68. The molecule has 19 heavy (non-hydrogen) atoms. The summed E-state index contributed by atoms with van der Waals surface area (Å²) in [5.74, 6) is -1.81. The number of H-pyrrole nitrogens is 1. The molecular formula is C12H16N2O5. The predicted molar refractivity (Wildman–Crippen MR) is 67.3 cm³/mol. The topological polar surface area (TPSA) is 108 Å². The van der Waals surface area contributed by atoms with Gasteiger partial charge >= 0.3 is 5.97 Å². The maximum atomic E-state index is 11.9. The van der Waals surface area contributed by atoms with Gasteiger partial charge in [-0.2, -0.15) is 0 Å². The number of aryl methyl sites for hydroxylation is 2. The van der Waals surface area contributed by atoms with Crippen LogP contribution in [0.3, 0.4) is 0 Å². The van der Waals surface area contributed by atoms with E-state index in [-0.39, 0.29) is 12.1 Å². The van der Waals surface area contributed by atoms with Crippen molar-refractivity contribution in [2.45, 2.75) is 20.0 Å². The van der Waals surface area contributed by atoms with Crippen LogP contribution in [-0.4, -0.2) is 41.7 Å². The van der Waals surface area contributed by atoms with E-state index in [1.165, 1.54) is 7.11 Å². The molecule has 0 fully saturated rings. The van der Waals surface area contributed by atoms with Crippen molar-refractivity contribution >= 4 is 11.9 Å². The normalized spacial score (nSPS) is 11.9. The monoisotopic (exact) mass is 268 g/mol. The number of rotatable bonds is 5. The lowest BCUT2D eigenvalue weighted by Crippen LogP contribution is -2.40. The first-order chi connectivity index (χ1) is 8.86. The average molecular weight is 268 g/mol. The van der Waals surface area contributed by atoms with Crippen LogP contribution in [0.25, 0.3) is 0 Å². The highest BCUT2D eigenvalue weighted by Gasteiger charge is 2.20. The van der Waals surface area contributed by atoms with Crippen LogP contribution in [0.1, 0.15) is 21.6 Å². The highest BCUT2D eigenvalue weighted by molar-refractivity contribution is 5.95. The Morgan fingerprint density at radius 1 is 1.47 bits per heavy atom. The van der Waals surface area contributed by atoms with E-state index in [0.717, 1.165) is 0 Å². The van der Waals surface area contributed by atoms with E-state index in [4.69, 9.17) is 5.11 Å². The molecule has 1 aromatic heterocycles. The van der Waals surface area contributed by atoms with Gasteiger partial charge in [-0.15, -0.1) is 0 Å². The second kappa shape index (κ2) is 6.14. The van der Waals surface area contributed by atoms with E-state index in [0.29, 0.717) is 11.3 Å². The number of carbonyl (C=O) groups is 2. The van der Waals surface area contributed by atoms with Crippen LogP contribution in [0.15, 0.2) is 10.9 Å². The third kappa shape index (κ3) is 3.65. The molecule has 0 bridgehead atoms. The van der Waals surface area contributed by atoms with Gasteiger partial charge in [0.05, 0.1) is 6.54 Å². The first kappa shape index (κ1) is 14.9. The van der Waals surface area contributed by atoms with Crippen LogP contribution in [-0.2, 0) is 9.53 Å². The minimum Gasteiger partial charge on any atom is -0.479 e. The molecule has 3 N–H and O–H groups in total. The lowest BCUT2D eigenvalue weighted by molar-refractivity contribution is -0.148. The van der Waals surface area contributed by atoms with Crippen LogP contribution in [0, 0.1) is 13.8 Å². The zero-order valence-corrected chi connectivity index (χ0v) is 10.9. The van der Waals surface area contributed by atoms with E-state index < -0.39 is 23.5 Å². The number of aromatic nitrogens is 1. The number of aliphatic carboxylic acids is 1. The number of hydrogen-bond acceptors (Lipinski definition) is 4. The second-order valence-electron chi connectivity index (χ2n) is 4.11. The van der Waals surface area contributed by atoms with Crippen LogP contribution >= 0.6 is 0 Å². The molecule has 0 aliphatic heterocycles. The smallest absolute Gasteiger partial charge is 0.334 e. The summed E-state index contributed by atoms with van der Waals surface area (Å²) < 4.78 is 4.68. The molecule has 0 radical (unpaired) electrons. The van der Waals surface area contributed by atoms with Crippen LogP contribution in [0.4, 0.5) is 0 Å². The summed E-state index contributed by atoms with van der Waals surface area (Å²) in [6.07, 6.45) is -1.14. The minimum atomic E-state index is -1.18. The third-order valence-electron chi connectivity index (χ3n) is 2.60. The number of ether oxygens (including phenoxy) is 1. The fraction of sp³-hybridized carbons (Fsp3) is 0.417. The third-order valence-corrected chi connectivity index (χ3v) is 2.60. The Hall–Kier alpha value is -2.15. The minimum absolute atomic E-state index is 0.0224. The van der Waals surface area contributed by atoms with Crippen molar-refractivity contribution in [1.82, 2.24) is 10.3 Å². The van der Waals surface area contributed by atoms with Gasteiger partial charge in [-0.1, -0.05) is 0 Å². The van der Waals surface area contributed by atoms with Gasteiger partial charge in [0.2, 0.25) is 0 Å². The van der Waals surface area contributed by atoms with E-state index in [9.17, 15) is 14.4 Å². The summed E-state index contributed by atoms with van der Waals surface area (Å²) in [4.78, 5) is 36.8. The van der Waals surface area contributed by atoms with Gasteiger partial charge in [-0.05, 0) is 25.5 Å². The summed E-state index contributed by atoms with van der Waals surface area (Å²) in [6.45, 7) is 3.14. The number of carboxylic acid groups (broad SMARTS) is 1. The van der Waals surface area contributed by atoms with Crippen LogP contribution in [0.2, 0.25) is 0 Å². The predicted octanol–water partition coefficient (Wildman–Crippen LogP) is -0.179. The SMILES string of the molecule is COC(CNC(=O)c1c(C)cc(C)[nH]c1=O)C(=O)O. The number of carboxylic acids is 1. The summed E-state index contributed by atoms with van der Waals surface area (Å²) in [5, 5.41) is 11.1. The van der Waals surface area contributed by atoms with Crippen molar-refractivity contribution in [3.05, 3.63) is 33.2 Å². The quantitative estimate of drug-likeness (QED) is 0.686. The number of carbonyl (C=O) groups excluding carboxylic acids is 1. The van der Waals surface area contributed by atoms with Crippen molar-refractivity contribution in [2.24, 2.45) is 0 Å². The Morgan fingerprint density at radius 2 is 2.11 bits per heavy atom. The average Bonchev–Trinajstić information content (AvgIpc) is 2.27. The molecule has 0 aliphatic rings. The molecule has 1 amide bonds. The van der Waals surface area contributed by atoms with Gasteiger partial charge in [0.25, 0.3) is 11.5 Å². The number of nitrogens with one attached hydrogen (secondary N) is 2. The molecule has 1 aromatic rings. The van der Waals surface area contributed by atoms with E-state index in [2.05, 4.69) is 15.0 Å². The maximum Gasteiger partial charge on any atom is 0.334 e. The van der Waals surface area contributed by atoms with Crippen LogP contribution in [0.5, 0.6) is 0 Å². The van der Waals surface area contributed by atoms with E-state index in [1.54, 1.807) is 19.9 Å². The number of hydrogen-bond donors (Lipinski definition) is 3. The molecule has 1 rings (SSSR count). The Balaban J connectivity index is 2.85. The molecule has 1 unspecified atom stereocenters. The molecule has 0 saturated heterocycles. The molecule has 0 spiro atoms. The van der Waals surface area contributed by atoms with E-state index in [1.807, 2.05) is 0 Å². The number of amides is 1. The highest BCUT2D eigenvalue weighted by atomic mass is 16.5. The maximum absolute atomic E-state index is 11.9. The van der Waals surface area contributed by atoms with Crippen molar-refractivity contribution in [3.8, 4) is 0 Å². The summed E-state index contributed by atoms with van der Waals surface area (Å²) in [7, 11) is 1.23. The van der Waals surface area contributed by atoms with Crippen LogP contribution < -0.4 is 10.9 Å². The van der Waals surface area contributed by atoms with Gasteiger partial charge in [-0.3, -0.25) is 9.59 Å². The Kier molecular flexibility index (Phi) is 4.82. The first-order valence-electron chi connectivity index (χ1n) is 5.61. The molecule has 0 aliphatic carbocycles.